The zero-order valence-corrected chi connectivity index (χ0v) is 20.5. The highest BCUT2D eigenvalue weighted by atomic mass is 79.9. The SMILES string of the molecule is COc1cccc(C2=C(C(=O)c3ccc(OCCCBr)cc3)c3ccc(OC)cc3CC2)c1. The maximum absolute atomic E-state index is 13.9. The number of Topliss-reactive ketones (excluding diaryl/α,β-unsaturated/α-hetero) is 1. The van der Waals surface area contributed by atoms with Crippen molar-refractivity contribution >= 4 is 32.9 Å². The van der Waals surface area contributed by atoms with Crippen LogP contribution >= 0.6 is 15.9 Å². The average Bonchev–Trinajstić information content (AvgIpc) is 2.87. The number of alkyl halides is 1. The van der Waals surface area contributed by atoms with Crippen molar-refractivity contribution in [3.63, 3.8) is 0 Å². The van der Waals surface area contributed by atoms with Crippen LogP contribution in [0.25, 0.3) is 11.1 Å². The lowest BCUT2D eigenvalue weighted by Gasteiger charge is -2.24. The number of aryl methyl sites for hydroxylation is 1. The van der Waals surface area contributed by atoms with E-state index in [0.29, 0.717) is 12.2 Å². The summed E-state index contributed by atoms with van der Waals surface area (Å²) in [5.74, 6) is 2.35. The van der Waals surface area contributed by atoms with Crippen LogP contribution in [0.1, 0.15) is 39.9 Å². The molecule has 4 rings (SSSR count). The molecule has 0 N–H and O–H groups in total. The summed E-state index contributed by atoms with van der Waals surface area (Å²) < 4.78 is 16.6. The van der Waals surface area contributed by atoms with E-state index in [4.69, 9.17) is 14.2 Å². The zero-order valence-electron chi connectivity index (χ0n) is 18.9. The van der Waals surface area contributed by atoms with Crippen molar-refractivity contribution in [1.82, 2.24) is 0 Å². The third-order valence-electron chi connectivity index (χ3n) is 5.84. The molecule has 0 spiro atoms. The fraction of sp³-hybridized carbons (Fsp3) is 0.250. The third kappa shape index (κ3) is 5.14. The Balaban J connectivity index is 1.77. The van der Waals surface area contributed by atoms with Gasteiger partial charge < -0.3 is 14.2 Å². The molecular weight excluding hydrogens is 480 g/mol. The fourth-order valence-corrected chi connectivity index (χ4v) is 4.37. The van der Waals surface area contributed by atoms with E-state index in [1.165, 1.54) is 0 Å². The van der Waals surface area contributed by atoms with Gasteiger partial charge in [0.2, 0.25) is 0 Å². The first-order chi connectivity index (χ1) is 16.1. The minimum absolute atomic E-state index is 0.00550. The van der Waals surface area contributed by atoms with Crippen molar-refractivity contribution in [2.24, 2.45) is 0 Å². The van der Waals surface area contributed by atoms with E-state index < -0.39 is 0 Å². The Morgan fingerprint density at radius 2 is 1.61 bits per heavy atom. The Labute approximate surface area is 203 Å². The molecule has 0 saturated heterocycles. The first-order valence-corrected chi connectivity index (χ1v) is 12.1. The summed E-state index contributed by atoms with van der Waals surface area (Å²) in [5, 5.41) is 0.898. The first kappa shape index (κ1) is 23.1. The largest absolute Gasteiger partial charge is 0.497 e. The second-order valence-corrected chi connectivity index (χ2v) is 8.65. The second-order valence-electron chi connectivity index (χ2n) is 7.85. The topological polar surface area (TPSA) is 44.8 Å². The maximum Gasteiger partial charge on any atom is 0.193 e. The lowest BCUT2D eigenvalue weighted by Crippen LogP contribution is -2.13. The Morgan fingerprint density at radius 1 is 0.879 bits per heavy atom. The molecule has 1 aliphatic rings. The summed E-state index contributed by atoms with van der Waals surface area (Å²) in [6, 6.07) is 21.3. The number of halogens is 1. The van der Waals surface area contributed by atoms with Gasteiger partial charge in [-0.05, 0) is 90.1 Å². The van der Waals surface area contributed by atoms with Crippen molar-refractivity contribution in [3.05, 3.63) is 89.0 Å². The summed E-state index contributed by atoms with van der Waals surface area (Å²) >= 11 is 3.41. The van der Waals surface area contributed by atoms with Crippen LogP contribution < -0.4 is 14.2 Å². The van der Waals surface area contributed by atoms with Gasteiger partial charge in [-0.1, -0.05) is 34.1 Å². The summed E-state index contributed by atoms with van der Waals surface area (Å²) in [6.07, 6.45) is 2.54. The number of fused-ring (bicyclic) bond motifs is 1. The molecule has 3 aromatic rings. The van der Waals surface area contributed by atoms with Crippen LogP contribution in [-0.2, 0) is 6.42 Å². The number of carbonyl (C=O) groups is 1. The second kappa shape index (κ2) is 10.7. The molecule has 0 bridgehead atoms. The van der Waals surface area contributed by atoms with Gasteiger partial charge in [0.05, 0.1) is 20.8 Å². The highest BCUT2D eigenvalue weighted by molar-refractivity contribution is 9.09. The monoisotopic (exact) mass is 506 g/mol. The van der Waals surface area contributed by atoms with Crippen molar-refractivity contribution in [1.29, 1.82) is 0 Å². The maximum atomic E-state index is 13.9. The van der Waals surface area contributed by atoms with Gasteiger partial charge in [-0.2, -0.15) is 0 Å². The molecular formula is C28H27BrO4. The number of carbonyl (C=O) groups excluding carboxylic acids is 1. The van der Waals surface area contributed by atoms with E-state index in [9.17, 15) is 4.79 Å². The van der Waals surface area contributed by atoms with Crippen LogP contribution in [0.3, 0.4) is 0 Å². The zero-order chi connectivity index (χ0) is 23.2. The predicted octanol–water partition coefficient (Wildman–Crippen LogP) is 6.61. The van der Waals surface area contributed by atoms with Crippen molar-refractivity contribution < 1.29 is 19.0 Å². The van der Waals surface area contributed by atoms with Crippen molar-refractivity contribution in [3.8, 4) is 17.2 Å². The van der Waals surface area contributed by atoms with Crippen molar-refractivity contribution in [2.75, 3.05) is 26.2 Å². The molecule has 0 unspecified atom stereocenters. The number of ether oxygens (including phenoxy) is 3. The minimum Gasteiger partial charge on any atom is -0.497 e. The lowest BCUT2D eigenvalue weighted by atomic mass is 9.79. The summed E-state index contributed by atoms with van der Waals surface area (Å²) in [5.41, 5.74) is 5.51. The molecule has 0 fully saturated rings. The van der Waals surface area contributed by atoms with Gasteiger partial charge in [0.25, 0.3) is 0 Å². The van der Waals surface area contributed by atoms with Crippen LogP contribution in [0.2, 0.25) is 0 Å². The molecule has 170 valence electrons. The van der Waals surface area contributed by atoms with Gasteiger partial charge in [-0.3, -0.25) is 4.79 Å². The number of rotatable bonds is 9. The Morgan fingerprint density at radius 3 is 2.33 bits per heavy atom. The quantitative estimate of drug-likeness (QED) is 0.186. The van der Waals surface area contributed by atoms with Gasteiger partial charge in [0, 0.05) is 16.5 Å². The normalized spacial score (nSPS) is 12.8. The Kier molecular flexibility index (Phi) is 7.50. The molecule has 0 amide bonds. The standard InChI is InChI=1S/C28H27BrO4/c1-31-23-6-3-5-20(17-23)25-13-9-21-18-24(32-2)12-14-26(21)27(25)28(30)19-7-10-22(11-8-19)33-16-4-15-29/h3,5-8,10-12,14,17-18H,4,9,13,15-16H2,1-2H3. The highest BCUT2D eigenvalue weighted by Gasteiger charge is 2.26. The highest BCUT2D eigenvalue weighted by Crippen LogP contribution is 2.40. The van der Waals surface area contributed by atoms with E-state index >= 15 is 0 Å². The molecule has 33 heavy (non-hydrogen) atoms. The number of methoxy groups -OCH3 is 2. The average molecular weight is 507 g/mol. The number of hydrogen-bond acceptors (Lipinski definition) is 4. The smallest absolute Gasteiger partial charge is 0.193 e. The fourth-order valence-electron chi connectivity index (χ4n) is 4.15. The van der Waals surface area contributed by atoms with Crippen LogP contribution in [-0.4, -0.2) is 31.9 Å². The number of hydrogen-bond donors (Lipinski definition) is 0. The Hall–Kier alpha value is -3.05. The molecule has 3 aromatic carbocycles. The van der Waals surface area contributed by atoms with Crippen LogP contribution in [0.15, 0.2) is 66.7 Å². The van der Waals surface area contributed by atoms with Gasteiger partial charge >= 0.3 is 0 Å². The molecule has 0 saturated carbocycles. The van der Waals surface area contributed by atoms with Crippen LogP contribution in [0, 0.1) is 0 Å². The molecule has 0 radical (unpaired) electrons. The van der Waals surface area contributed by atoms with Crippen molar-refractivity contribution in [2.45, 2.75) is 19.3 Å². The molecule has 0 atom stereocenters. The van der Waals surface area contributed by atoms with Crippen LogP contribution in [0.5, 0.6) is 17.2 Å². The van der Waals surface area contributed by atoms with Gasteiger partial charge in [-0.25, -0.2) is 0 Å². The molecule has 0 aliphatic heterocycles. The van der Waals surface area contributed by atoms with E-state index in [0.717, 1.165) is 69.7 Å². The Bertz CT molecular complexity index is 1160. The summed E-state index contributed by atoms with van der Waals surface area (Å²) in [4.78, 5) is 13.9. The van der Waals surface area contributed by atoms with E-state index in [-0.39, 0.29) is 5.78 Å². The molecule has 0 aromatic heterocycles. The van der Waals surface area contributed by atoms with Gasteiger partial charge in [-0.15, -0.1) is 0 Å². The molecule has 5 heteroatoms. The van der Waals surface area contributed by atoms with Gasteiger partial charge in [0.15, 0.2) is 5.78 Å². The summed E-state index contributed by atoms with van der Waals surface area (Å²) in [7, 11) is 3.32. The van der Waals surface area contributed by atoms with Gasteiger partial charge in [0.1, 0.15) is 17.2 Å². The molecule has 0 heterocycles. The number of ketones is 1. The summed E-state index contributed by atoms with van der Waals surface area (Å²) in [6.45, 7) is 0.638. The van der Waals surface area contributed by atoms with E-state index in [1.54, 1.807) is 14.2 Å². The van der Waals surface area contributed by atoms with Crippen LogP contribution in [0.4, 0.5) is 0 Å². The number of benzene rings is 3. The van der Waals surface area contributed by atoms with E-state index in [2.05, 4.69) is 15.9 Å². The predicted molar refractivity (Wildman–Crippen MR) is 136 cm³/mol. The third-order valence-corrected chi connectivity index (χ3v) is 6.40. The minimum atomic E-state index is 0.00550. The lowest BCUT2D eigenvalue weighted by molar-refractivity contribution is 0.105. The first-order valence-electron chi connectivity index (χ1n) is 11.0. The molecule has 4 nitrogen and oxygen atoms in total. The number of allylic oxidation sites excluding steroid dienone is 2. The molecule has 1 aliphatic carbocycles. The van der Waals surface area contributed by atoms with E-state index in [1.807, 2.05) is 66.7 Å².